The molecule has 0 spiro atoms. The summed E-state index contributed by atoms with van der Waals surface area (Å²) >= 11 is 0. The SMILES string of the molecule is CCNC(Cc1cc(CC)nn1C)C(C)(C)N(CC)CC. The van der Waals surface area contributed by atoms with Gasteiger partial charge in [-0.05, 0) is 46.0 Å². The van der Waals surface area contributed by atoms with Crippen LogP contribution in [-0.2, 0) is 19.9 Å². The van der Waals surface area contributed by atoms with Crippen LogP contribution in [0.3, 0.4) is 0 Å². The van der Waals surface area contributed by atoms with Crippen LogP contribution in [0.2, 0.25) is 0 Å². The Morgan fingerprint density at radius 1 is 1.24 bits per heavy atom. The fourth-order valence-corrected chi connectivity index (χ4v) is 3.22. The van der Waals surface area contributed by atoms with Gasteiger partial charge in [-0.3, -0.25) is 9.58 Å². The van der Waals surface area contributed by atoms with Gasteiger partial charge in [-0.1, -0.05) is 27.7 Å². The van der Waals surface area contributed by atoms with Gasteiger partial charge in [-0.2, -0.15) is 5.10 Å². The maximum absolute atomic E-state index is 4.58. The van der Waals surface area contributed by atoms with Gasteiger partial charge in [0.05, 0.1) is 5.69 Å². The number of nitrogens with one attached hydrogen (secondary N) is 1. The Bertz CT molecular complexity index is 418. The van der Waals surface area contributed by atoms with E-state index in [1.807, 2.05) is 4.68 Å². The average molecular weight is 294 g/mol. The molecule has 0 saturated carbocycles. The number of rotatable bonds is 9. The highest BCUT2D eigenvalue weighted by molar-refractivity contribution is 5.13. The largest absolute Gasteiger partial charge is 0.312 e. The van der Waals surface area contributed by atoms with E-state index in [4.69, 9.17) is 0 Å². The fourth-order valence-electron chi connectivity index (χ4n) is 3.22. The first-order valence-corrected chi connectivity index (χ1v) is 8.40. The van der Waals surface area contributed by atoms with Gasteiger partial charge >= 0.3 is 0 Å². The predicted molar refractivity (Wildman–Crippen MR) is 90.8 cm³/mol. The third kappa shape index (κ3) is 4.30. The van der Waals surface area contributed by atoms with E-state index in [0.717, 1.165) is 32.5 Å². The van der Waals surface area contributed by atoms with Gasteiger partial charge in [-0.15, -0.1) is 0 Å². The molecule has 0 aliphatic carbocycles. The summed E-state index contributed by atoms with van der Waals surface area (Å²) in [6, 6.07) is 2.67. The topological polar surface area (TPSA) is 33.1 Å². The predicted octanol–water partition coefficient (Wildman–Crippen LogP) is 2.62. The molecule has 0 saturated heterocycles. The summed E-state index contributed by atoms with van der Waals surface area (Å²) in [4.78, 5) is 2.54. The zero-order valence-electron chi connectivity index (χ0n) is 15.0. The van der Waals surface area contributed by atoms with Gasteiger partial charge < -0.3 is 5.32 Å². The third-order valence-electron chi connectivity index (χ3n) is 4.68. The van der Waals surface area contributed by atoms with Crippen molar-refractivity contribution in [1.82, 2.24) is 20.0 Å². The second-order valence-corrected chi connectivity index (χ2v) is 6.24. The molecular formula is C17H34N4. The van der Waals surface area contributed by atoms with E-state index in [1.165, 1.54) is 11.4 Å². The average Bonchev–Trinajstić information content (AvgIpc) is 2.80. The molecule has 4 nitrogen and oxygen atoms in total. The molecule has 1 N–H and O–H groups in total. The van der Waals surface area contributed by atoms with E-state index in [0.29, 0.717) is 6.04 Å². The van der Waals surface area contributed by atoms with E-state index in [2.05, 4.69) is 70.0 Å². The highest BCUT2D eigenvalue weighted by Gasteiger charge is 2.34. The summed E-state index contributed by atoms with van der Waals surface area (Å²) in [5, 5.41) is 8.28. The maximum atomic E-state index is 4.58. The molecule has 1 heterocycles. The van der Waals surface area contributed by atoms with E-state index < -0.39 is 0 Å². The lowest BCUT2D eigenvalue weighted by Gasteiger charge is -2.44. The summed E-state index contributed by atoms with van der Waals surface area (Å²) in [7, 11) is 2.06. The summed E-state index contributed by atoms with van der Waals surface area (Å²) in [6.45, 7) is 16.7. The van der Waals surface area contributed by atoms with E-state index >= 15 is 0 Å². The first-order chi connectivity index (χ1) is 9.90. The van der Waals surface area contributed by atoms with Gasteiger partial charge in [-0.25, -0.2) is 0 Å². The molecule has 0 aromatic carbocycles. The molecule has 1 rings (SSSR count). The lowest BCUT2D eigenvalue weighted by molar-refractivity contribution is 0.0910. The molecule has 1 atom stereocenters. The van der Waals surface area contributed by atoms with Crippen LogP contribution in [0.4, 0.5) is 0 Å². The van der Waals surface area contributed by atoms with Crippen LogP contribution in [0.1, 0.15) is 52.9 Å². The van der Waals surface area contributed by atoms with E-state index in [1.54, 1.807) is 0 Å². The standard InChI is InChI=1S/C17H34N4/c1-8-14-12-15(20(7)19-14)13-16(18-9-2)17(5,6)21(10-3)11-4/h12,16,18H,8-11,13H2,1-7H3. The Balaban J connectivity index is 2.97. The van der Waals surface area contributed by atoms with Gasteiger partial charge in [0.2, 0.25) is 0 Å². The van der Waals surface area contributed by atoms with Crippen molar-refractivity contribution in [2.45, 2.75) is 66.0 Å². The molecule has 1 aromatic rings. The van der Waals surface area contributed by atoms with E-state index in [9.17, 15) is 0 Å². The fraction of sp³-hybridized carbons (Fsp3) is 0.824. The van der Waals surface area contributed by atoms with Crippen molar-refractivity contribution >= 4 is 0 Å². The highest BCUT2D eigenvalue weighted by atomic mass is 15.3. The molecule has 0 aliphatic rings. The van der Waals surface area contributed by atoms with Crippen molar-refractivity contribution < 1.29 is 0 Å². The quantitative estimate of drug-likeness (QED) is 0.760. The van der Waals surface area contributed by atoms with E-state index in [-0.39, 0.29) is 5.54 Å². The summed E-state index contributed by atoms with van der Waals surface area (Å²) in [5.74, 6) is 0. The molecule has 0 amide bonds. The molecule has 0 aliphatic heterocycles. The van der Waals surface area contributed by atoms with Crippen LogP contribution in [-0.4, -0.2) is 45.9 Å². The lowest BCUT2D eigenvalue weighted by atomic mass is 9.88. The molecule has 1 aromatic heterocycles. The lowest BCUT2D eigenvalue weighted by Crippen LogP contribution is -2.58. The summed E-state index contributed by atoms with van der Waals surface area (Å²) in [6.07, 6.45) is 2.01. The summed E-state index contributed by atoms with van der Waals surface area (Å²) < 4.78 is 2.04. The first kappa shape index (κ1) is 18.2. The number of aryl methyl sites for hydroxylation is 2. The normalized spacial score (nSPS) is 13.9. The minimum atomic E-state index is 0.121. The van der Waals surface area contributed by atoms with Gasteiger partial charge in [0.15, 0.2) is 0 Å². The molecule has 0 fully saturated rings. The van der Waals surface area contributed by atoms with Crippen molar-refractivity contribution in [3.8, 4) is 0 Å². The molecule has 0 radical (unpaired) electrons. The molecule has 1 unspecified atom stereocenters. The second kappa shape index (κ2) is 7.95. The highest BCUT2D eigenvalue weighted by Crippen LogP contribution is 2.22. The Kier molecular flexibility index (Phi) is 6.88. The zero-order valence-corrected chi connectivity index (χ0v) is 15.0. The van der Waals surface area contributed by atoms with Gasteiger partial charge in [0.1, 0.15) is 0 Å². The Hall–Kier alpha value is -0.870. The molecule has 0 bridgehead atoms. The monoisotopic (exact) mass is 294 g/mol. The van der Waals surface area contributed by atoms with Crippen LogP contribution < -0.4 is 5.32 Å². The third-order valence-corrected chi connectivity index (χ3v) is 4.68. The van der Waals surface area contributed by atoms with Crippen LogP contribution in [0.25, 0.3) is 0 Å². The zero-order chi connectivity index (χ0) is 16.0. The molecular weight excluding hydrogens is 260 g/mol. The van der Waals surface area contributed by atoms with Crippen molar-refractivity contribution in [2.75, 3.05) is 19.6 Å². The van der Waals surface area contributed by atoms with Crippen LogP contribution in [0.15, 0.2) is 6.07 Å². The van der Waals surface area contributed by atoms with Crippen LogP contribution >= 0.6 is 0 Å². The summed E-state index contributed by atoms with van der Waals surface area (Å²) in [5.41, 5.74) is 2.62. The molecule has 21 heavy (non-hydrogen) atoms. The van der Waals surface area contributed by atoms with Gasteiger partial charge in [0.25, 0.3) is 0 Å². The molecule has 122 valence electrons. The van der Waals surface area contributed by atoms with Crippen molar-refractivity contribution in [3.63, 3.8) is 0 Å². The molecule has 4 heteroatoms. The Morgan fingerprint density at radius 3 is 2.29 bits per heavy atom. The number of aromatic nitrogens is 2. The maximum Gasteiger partial charge on any atom is 0.0624 e. The van der Waals surface area contributed by atoms with Crippen LogP contribution in [0, 0.1) is 0 Å². The van der Waals surface area contributed by atoms with Gasteiger partial charge in [0, 0.05) is 30.7 Å². The smallest absolute Gasteiger partial charge is 0.0624 e. The minimum absolute atomic E-state index is 0.121. The van der Waals surface area contributed by atoms with Crippen LogP contribution in [0.5, 0.6) is 0 Å². The number of likely N-dealkylation sites (N-methyl/N-ethyl adjacent to an activating group) is 2. The van der Waals surface area contributed by atoms with Crippen molar-refractivity contribution in [3.05, 3.63) is 17.5 Å². The number of hydrogen-bond acceptors (Lipinski definition) is 3. The first-order valence-electron chi connectivity index (χ1n) is 8.40. The number of nitrogens with zero attached hydrogens (tertiary/aromatic N) is 3. The van der Waals surface area contributed by atoms with Crippen molar-refractivity contribution in [1.29, 1.82) is 0 Å². The Labute approximate surface area is 130 Å². The minimum Gasteiger partial charge on any atom is -0.312 e. The number of hydrogen-bond donors (Lipinski definition) is 1. The second-order valence-electron chi connectivity index (χ2n) is 6.24. The van der Waals surface area contributed by atoms with Crippen molar-refractivity contribution in [2.24, 2.45) is 7.05 Å². The Morgan fingerprint density at radius 2 is 1.86 bits per heavy atom.